The summed E-state index contributed by atoms with van der Waals surface area (Å²) < 4.78 is 97.5. The van der Waals surface area contributed by atoms with Gasteiger partial charge in [-0.25, -0.2) is 26.9 Å². The standard InChI is InChI=1S/C28H21ClF5N5O3S/c1-16-36-22(26(30)31)15-38(16)23-11-6-18(17-4-3-5-21(12-17)43(2,41)42)13-24(23)39-25(14-35-37-39)27(40,28(32,33)34)19-7-9-20(29)10-8-19/h3-15,26,40H,1-2H3. The summed E-state index contributed by atoms with van der Waals surface area (Å²) in [7, 11) is -3.60. The Morgan fingerprint density at radius 3 is 2.23 bits per heavy atom. The number of aliphatic hydroxyl groups is 1. The lowest BCUT2D eigenvalue weighted by Gasteiger charge is -2.31. The van der Waals surface area contributed by atoms with E-state index < -0.39 is 45.0 Å². The smallest absolute Gasteiger partial charge is 0.371 e. The van der Waals surface area contributed by atoms with Crippen LogP contribution in [-0.2, 0) is 15.4 Å². The molecule has 1 atom stereocenters. The molecule has 1 unspecified atom stereocenters. The first kappa shape index (κ1) is 30.3. The Morgan fingerprint density at radius 2 is 1.63 bits per heavy atom. The van der Waals surface area contributed by atoms with Gasteiger partial charge >= 0.3 is 6.18 Å². The molecular formula is C28H21ClF5N5O3S. The fourth-order valence-corrected chi connectivity index (χ4v) is 5.43. The minimum atomic E-state index is -5.28. The Morgan fingerprint density at radius 1 is 0.953 bits per heavy atom. The van der Waals surface area contributed by atoms with Gasteiger partial charge in [0.2, 0.25) is 5.60 Å². The van der Waals surface area contributed by atoms with E-state index in [0.717, 1.165) is 35.5 Å². The lowest BCUT2D eigenvalue weighted by Crippen LogP contribution is -2.45. The highest BCUT2D eigenvalue weighted by Crippen LogP contribution is 2.45. The van der Waals surface area contributed by atoms with Crippen molar-refractivity contribution in [3.63, 3.8) is 0 Å². The van der Waals surface area contributed by atoms with Crippen LogP contribution in [0.4, 0.5) is 22.0 Å². The zero-order valence-electron chi connectivity index (χ0n) is 22.3. The maximum absolute atomic E-state index is 14.7. The van der Waals surface area contributed by atoms with Crippen molar-refractivity contribution in [2.45, 2.75) is 30.0 Å². The van der Waals surface area contributed by atoms with Gasteiger partial charge in [-0.2, -0.15) is 13.2 Å². The molecule has 43 heavy (non-hydrogen) atoms. The minimum absolute atomic E-state index is 0.00159. The molecule has 8 nitrogen and oxygen atoms in total. The van der Waals surface area contributed by atoms with E-state index in [-0.39, 0.29) is 27.1 Å². The van der Waals surface area contributed by atoms with Crippen LogP contribution in [0.3, 0.4) is 0 Å². The number of nitrogens with zero attached hydrogens (tertiary/aromatic N) is 5. The summed E-state index contributed by atoms with van der Waals surface area (Å²) in [6.07, 6.45) is -5.40. The van der Waals surface area contributed by atoms with Crippen LogP contribution >= 0.6 is 11.6 Å². The number of hydrogen-bond acceptors (Lipinski definition) is 6. The quantitative estimate of drug-likeness (QED) is 0.213. The Hall–Kier alpha value is -4.14. The van der Waals surface area contributed by atoms with Crippen LogP contribution in [0.25, 0.3) is 22.5 Å². The van der Waals surface area contributed by atoms with Gasteiger partial charge in [0.05, 0.1) is 22.5 Å². The molecule has 15 heteroatoms. The molecule has 0 fully saturated rings. The summed E-state index contributed by atoms with van der Waals surface area (Å²) in [5.74, 6) is 0.0915. The Bertz CT molecular complexity index is 1920. The van der Waals surface area contributed by atoms with Crippen LogP contribution in [0.5, 0.6) is 0 Å². The average Bonchev–Trinajstić information content (AvgIpc) is 3.59. The van der Waals surface area contributed by atoms with Crippen molar-refractivity contribution in [1.82, 2.24) is 24.5 Å². The zero-order valence-corrected chi connectivity index (χ0v) is 23.8. The first-order chi connectivity index (χ1) is 20.1. The number of aryl methyl sites for hydroxylation is 1. The third-order valence-corrected chi connectivity index (χ3v) is 8.14. The summed E-state index contributed by atoms with van der Waals surface area (Å²) in [5, 5.41) is 19.0. The van der Waals surface area contributed by atoms with Crippen molar-refractivity contribution in [2.24, 2.45) is 0 Å². The number of sulfone groups is 1. The molecular weight excluding hydrogens is 617 g/mol. The van der Waals surface area contributed by atoms with Crippen molar-refractivity contribution in [3.8, 4) is 22.5 Å². The van der Waals surface area contributed by atoms with E-state index in [9.17, 15) is 35.5 Å². The van der Waals surface area contributed by atoms with E-state index in [1.807, 2.05) is 0 Å². The van der Waals surface area contributed by atoms with E-state index >= 15 is 0 Å². The average molecular weight is 638 g/mol. The number of rotatable bonds is 7. The second kappa shape index (κ2) is 10.8. The molecule has 224 valence electrons. The lowest BCUT2D eigenvalue weighted by atomic mass is 9.89. The van der Waals surface area contributed by atoms with Crippen molar-refractivity contribution in [3.05, 3.63) is 107 Å². The molecule has 0 aliphatic rings. The van der Waals surface area contributed by atoms with Crippen LogP contribution in [-0.4, -0.2) is 50.5 Å². The number of halogens is 6. The number of alkyl halides is 5. The third-order valence-electron chi connectivity index (χ3n) is 6.78. The molecule has 0 spiro atoms. The maximum atomic E-state index is 14.7. The molecule has 0 saturated heterocycles. The number of hydrogen-bond donors (Lipinski definition) is 1. The summed E-state index contributed by atoms with van der Waals surface area (Å²) >= 11 is 5.88. The summed E-state index contributed by atoms with van der Waals surface area (Å²) in [6, 6.07) is 14.6. The van der Waals surface area contributed by atoms with Crippen LogP contribution in [0, 0.1) is 6.92 Å². The highest BCUT2D eigenvalue weighted by Gasteiger charge is 2.58. The fraction of sp³-hybridized carbons (Fsp3) is 0.179. The number of benzene rings is 3. The van der Waals surface area contributed by atoms with E-state index in [1.54, 1.807) is 6.07 Å². The molecule has 0 aliphatic heterocycles. The van der Waals surface area contributed by atoms with Gasteiger partial charge in [0.15, 0.2) is 9.84 Å². The summed E-state index contributed by atoms with van der Waals surface area (Å²) in [4.78, 5) is 3.85. The molecule has 2 heterocycles. The first-order valence-electron chi connectivity index (χ1n) is 12.4. The van der Waals surface area contributed by atoms with Gasteiger partial charge in [0.25, 0.3) is 6.43 Å². The van der Waals surface area contributed by atoms with Crippen molar-refractivity contribution >= 4 is 21.4 Å². The van der Waals surface area contributed by atoms with Crippen molar-refractivity contribution in [2.75, 3.05) is 6.26 Å². The van der Waals surface area contributed by atoms with Crippen LogP contribution in [0.15, 0.2) is 84.0 Å². The molecule has 3 aromatic carbocycles. The largest absolute Gasteiger partial charge is 0.427 e. The van der Waals surface area contributed by atoms with Crippen LogP contribution < -0.4 is 0 Å². The molecule has 2 aromatic heterocycles. The minimum Gasteiger partial charge on any atom is -0.371 e. The van der Waals surface area contributed by atoms with Gasteiger partial charge < -0.3 is 9.67 Å². The molecule has 0 radical (unpaired) electrons. The second-order valence-corrected chi connectivity index (χ2v) is 12.1. The number of aromatic nitrogens is 5. The second-order valence-electron chi connectivity index (χ2n) is 9.63. The van der Waals surface area contributed by atoms with Gasteiger partial charge in [-0.3, -0.25) is 0 Å². The summed E-state index contributed by atoms with van der Waals surface area (Å²) in [6.45, 7) is 1.43. The molecule has 0 bridgehead atoms. The SMILES string of the molecule is Cc1nc(C(F)F)cn1-c1ccc(-c2cccc(S(C)(=O)=O)c2)cc1-n1nncc1C(O)(c1ccc(Cl)cc1)C(F)(F)F. The molecule has 0 amide bonds. The number of imidazole rings is 1. The van der Waals surface area contributed by atoms with Gasteiger partial charge in [0, 0.05) is 17.5 Å². The molecule has 0 saturated carbocycles. The van der Waals surface area contributed by atoms with Gasteiger partial charge in [-0.15, -0.1) is 5.10 Å². The zero-order chi connectivity index (χ0) is 31.3. The van der Waals surface area contributed by atoms with Crippen LogP contribution in [0.1, 0.15) is 29.2 Å². The molecule has 0 aliphatic carbocycles. The van der Waals surface area contributed by atoms with Crippen LogP contribution in [0.2, 0.25) is 5.02 Å². The monoisotopic (exact) mass is 637 g/mol. The predicted molar refractivity (Wildman–Crippen MR) is 147 cm³/mol. The first-order valence-corrected chi connectivity index (χ1v) is 14.6. The topological polar surface area (TPSA) is 103 Å². The fourth-order valence-electron chi connectivity index (χ4n) is 4.63. The van der Waals surface area contributed by atoms with Crippen molar-refractivity contribution < 1.29 is 35.5 Å². The lowest BCUT2D eigenvalue weighted by molar-refractivity contribution is -0.250. The van der Waals surface area contributed by atoms with E-state index in [2.05, 4.69) is 15.3 Å². The summed E-state index contributed by atoms with van der Waals surface area (Å²) in [5.41, 5.74) is -4.89. The Balaban J connectivity index is 1.80. The van der Waals surface area contributed by atoms with E-state index in [1.165, 1.54) is 60.0 Å². The molecule has 1 N–H and O–H groups in total. The Kier molecular flexibility index (Phi) is 7.65. The Labute approximate surface area is 246 Å². The highest BCUT2D eigenvalue weighted by atomic mass is 35.5. The molecule has 5 aromatic rings. The van der Waals surface area contributed by atoms with Gasteiger partial charge in [0.1, 0.15) is 17.2 Å². The normalized spacial score (nSPS) is 13.8. The van der Waals surface area contributed by atoms with E-state index in [0.29, 0.717) is 11.1 Å². The maximum Gasteiger partial charge on any atom is 0.427 e. The third kappa shape index (κ3) is 5.53. The predicted octanol–water partition coefficient (Wildman–Crippen LogP) is 6.22. The van der Waals surface area contributed by atoms with E-state index in [4.69, 9.17) is 11.6 Å². The van der Waals surface area contributed by atoms with Gasteiger partial charge in [-0.1, -0.05) is 47.1 Å². The molecule has 5 rings (SSSR count). The van der Waals surface area contributed by atoms with Crippen molar-refractivity contribution in [1.29, 1.82) is 0 Å². The van der Waals surface area contributed by atoms with Gasteiger partial charge in [-0.05, 0) is 60.0 Å². The highest BCUT2D eigenvalue weighted by molar-refractivity contribution is 7.90.